The summed E-state index contributed by atoms with van der Waals surface area (Å²) >= 11 is 8.64. The number of benzene rings is 1. The molecule has 1 N–H and O–H groups in total. The summed E-state index contributed by atoms with van der Waals surface area (Å²) in [6.07, 6.45) is 0. The molecule has 0 aliphatic rings. The lowest BCUT2D eigenvalue weighted by molar-refractivity contribution is -0.118. The van der Waals surface area contributed by atoms with Gasteiger partial charge in [-0.15, -0.1) is 16.4 Å². The van der Waals surface area contributed by atoms with Crippen molar-refractivity contribution in [2.45, 2.75) is 25.5 Å². The van der Waals surface area contributed by atoms with Gasteiger partial charge in [0.25, 0.3) is 0 Å². The third-order valence-corrected chi connectivity index (χ3v) is 5.82. The Bertz CT molecular complexity index is 892. The highest BCUT2D eigenvalue weighted by atomic mass is 35.5. The number of nitrogens with zero attached hydrogens (tertiary/aromatic N) is 4. The second-order valence-corrected chi connectivity index (χ2v) is 8.11. The van der Waals surface area contributed by atoms with E-state index >= 15 is 0 Å². The molecule has 25 heavy (non-hydrogen) atoms. The van der Waals surface area contributed by atoms with Gasteiger partial charge in [-0.1, -0.05) is 35.5 Å². The Kier molecular flexibility index (Phi) is 5.72. The molecule has 6 nitrogen and oxygen atoms in total. The SMILES string of the molecule is Cc1cccc(-n2nnnc2SCC(=O)NCc2ccc(Cl)s2)c1C. The molecule has 1 amide bonds. The highest BCUT2D eigenvalue weighted by Gasteiger charge is 2.13. The molecule has 2 aromatic heterocycles. The average molecular weight is 394 g/mol. The van der Waals surface area contributed by atoms with E-state index in [0.717, 1.165) is 21.7 Å². The van der Waals surface area contributed by atoms with E-state index in [1.807, 2.05) is 44.2 Å². The summed E-state index contributed by atoms with van der Waals surface area (Å²) in [5.74, 6) is 0.162. The molecule has 0 fully saturated rings. The number of thioether (sulfide) groups is 1. The summed E-state index contributed by atoms with van der Waals surface area (Å²) in [5.41, 5.74) is 3.19. The highest BCUT2D eigenvalue weighted by Crippen LogP contribution is 2.23. The number of nitrogens with one attached hydrogen (secondary N) is 1. The van der Waals surface area contributed by atoms with Crippen molar-refractivity contribution in [2.24, 2.45) is 0 Å². The smallest absolute Gasteiger partial charge is 0.230 e. The van der Waals surface area contributed by atoms with Gasteiger partial charge in [-0.05, 0) is 53.6 Å². The molecule has 3 aromatic rings. The van der Waals surface area contributed by atoms with E-state index in [1.54, 1.807) is 4.68 Å². The van der Waals surface area contributed by atoms with Gasteiger partial charge >= 0.3 is 0 Å². The molecule has 0 saturated heterocycles. The first-order valence-electron chi connectivity index (χ1n) is 7.53. The summed E-state index contributed by atoms with van der Waals surface area (Å²) in [4.78, 5) is 13.1. The van der Waals surface area contributed by atoms with E-state index in [-0.39, 0.29) is 11.7 Å². The Labute approximate surface area is 158 Å². The van der Waals surface area contributed by atoms with Gasteiger partial charge in [0.2, 0.25) is 11.1 Å². The Morgan fingerprint density at radius 1 is 1.32 bits per heavy atom. The minimum absolute atomic E-state index is 0.0787. The van der Waals surface area contributed by atoms with Crippen LogP contribution >= 0.6 is 34.7 Å². The van der Waals surface area contributed by atoms with Crippen LogP contribution in [0.3, 0.4) is 0 Å². The molecule has 0 saturated carbocycles. The van der Waals surface area contributed by atoms with Crippen molar-refractivity contribution in [1.82, 2.24) is 25.5 Å². The average Bonchev–Trinajstić information content (AvgIpc) is 3.22. The van der Waals surface area contributed by atoms with Gasteiger partial charge in [-0.3, -0.25) is 4.79 Å². The quantitative estimate of drug-likeness (QED) is 0.650. The Morgan fingerprint density at radius 2 is 2.16 bits per heavy atom. The second-order valence-electron chi connectivity index (χ2n) is 5.36. The Hall–Kier alpha value is -1.90. The summed E-state index contributed by atoms with van der Waals surface area (Å²) in [6, 6.07) is 9.69. The number of aromatic nitrogens is 4. The first kappa shape index (κ1) is 17.9. The number of carbonyl (C=O) groups excluding carboxylic acids is 1. The van der Waals surface area contributed by atoms with Crippen LogP contribution in [-0.4, -0.2) is 31.9 Å². The zero-order valence-electron chi connectivity index (χ0n) is 13.7. The molecule has 0 radical (unpaired) electrons. The number of amides is 1. The molecule has 2 heterocycles. The molecule has 0 unspecified atom stereocenters. The lowest BCUT2D eigenvalue weighted by atomic mass is 10.1. The van der Waals surface area contributed by atoms with Crippen molar-refractivity contribution in [3.8, 4) is 5.69 Å². The van der Waals surface area contributed by atoms with E-state index in [2.05, 4.69) is 20.8 Å². The van der Waals surface area contributed by atoms with Gasteiger partial charge in [-0.2, -0.15) is 4.68 Å². The van der Waals surface area contributed by atoms with Gasteiger partial charge in [-0.25, -0.2) is 0 Å². The van der Waals surface area contributed by atoms with E-state index in [0.29, 0.717) is 16.0 Å². The van der Waals surface area contributed by atoms with Crippen LogP contribution in [0.4, 0.5) is 0 Å². The summed E-state index contributed by atoms with van der Waals surface area (Å²) in [7, 11) is 0. The van der Waals surface area contributed by atoms with E-state index in [4.69, 9.17) is 11.6 Å². The number of aryl methyl sites for hydroxylation is 1. The van der Waals surface area contributed by atoms with Gasteiger partial charge < -0.3 is 5.32 Å². The molecule has 0 bridgehead atoms. The predicted octanol–water partition coefficient (Wildman–Crippen LogP) is 3.40. The van der Waals surface area contributed by atoms with Crippen molar-refractivity contribution < 1.29 is 4.79 Å². The Balaban J connectivity index is 1.61. The normalized spacial score (nSPS) is 10.8. The van der Waals surface area contributed by atoms with E-state index in [9.17, 15) is 4.79 Å². The maximum atomic E-state index is 12.0. The number of rotatable bonds is 6. The van der Waals surface area contributed by atoms with Gasteiger partial charge in [0.05, 0.1) is 22.3 Å². The third-order valence-electron chi connectivity index (χ3n) is 3.67. The van der Waals surface area contributed by atoms with Crippen molar-refractivity contribution >= 4 is 40.6 Å². The molecule has 130 valence electrons. The van der Waals surface area contributed by atoms with Crippen LogP contribution in [0.5, 0.6) is 0 Å². The second kappa shape index (κ2) is 7.99. The van der Waals surface area contributed by atoms with Crippen LogP contribution in [0, 0.1) is 13.8 Å². The van der Waals surface area contributed by atoms with Gasteiger partial charge in [0.15, 0.2) is 0 Å². The number of thiophene rings is 1. The molecule has 0 aliphatic heterocycles. The first-order chi connectivity index (χ1) is 12.0. The van der Waals surface area contributed by atoms with Crippen molar-refractivity contribution in [1.29, 1.82) is 0 Å². The van der Waals surface area contributed by atoms with Crippen LogP contribution in [0.15, 0.2) is 35.5 Å². The fourth-order valence-electron chi connectivity index (χ4n) is 2.20. The van der Waals surface area contributed by atoms with Crippen LogP contribution in [0.1, 0.15) is 16.0 Å². The lowest BCUT2D eigenvalue weighted by Crippen LogP contribution is -2.24. The molecular weight excluding hydrogens is 378 g/mol. The van der Waals surface area contributed by atoms with Crippen LogP contribution in [0.2, 0.25) is 4.34 Å². The molecule has 3 rings (SSSR count). The highest BCUT2D eigenvalue weighted by molar-refractivity contribution is 7.99. The number of tetrazole rings is 1. The number of hydrogen-bond donors (Lipinski definition) is 1. The van der Waals surface area contributed by atoms with Crippen molar-refractivity contribution in [2.75, 3.05) is 5.75 Å². The predicted molar refractivity (Wildman–Crippen MR) is 101 cm³/mol. The lowest BCUT2D eigenvalue weighted by Gasteiger charge is -2.09. The molecule has 0 spiro atoms. The topological polar surface area (TPSA) is 72.7 Å². The van der Waals surface area contributed by atoms with E-state index < -0.39 is 0 Å². The maximum Gasteiger partial charge on any atom is 0.230 e. The fraction of sp³-hybridized carbons (Fsp3) is 0.250. The summed E-state index contributed by atoms with van der Waals surface area (Å²) < 4.78 is 2.38. The van der Waals surface area contributed by atoms with Gasteiger partial charge in [0, 0.05) is 4.88 Å². The number of halogens is 1. The monoisotopic (exact) mass is 393 g/mol. The van der Waals surface area contributed by atoms with Crippen LogP contribution < -0.4 is 5.32 Å². The fourth-order valence-corrected chi connectivity index (χ4v) is 3.94. The number of carbonyl (C=O) groups is 1. The van der Waals surface area contributed by atoms with Crippen LogP contribution in [-0.2, 0) is 11.3 Å². The molecule has 9 heteroatoms. The summed E-state index contributed by atoms with van der Waals surface area (Å²) in [5, 5.41) is 15.3. The largest absolute Gasteiger partial charge is 0.350 e. The van der Waals surface area contributed by atoms with Crippen LogP contribution in [0.25, 0.3) is 5.69 Å². The van der Waals surface area contributed by atoms with Crippen molar-refractivity contribution in [3.63, 3.8) is 0 Å². The maximum absolute atomic E-state index is 12.0. The zero-order valence-corrected chi connectivity index (χ0v) is 16.1. The standard InChI is InChI=1S/C16H16ClN5OS2/c1-10-4-3-5-13(11(10)2)22-16(19-20-21-22)24-9-15(23)18-8-12-6-7-14(17)25-12/h3-7H,8-9H2,1-2H3,(H,18,23). The minimum atomic E-state index is -0.0787. The molecule has 0 atom stereocenters. The number of hydrogen-bond acceptors (Lipinski definition) is 6. The molecule has 0 aliphatic carbocycles. The molecular formula is C16H16ClN5OS2. The molecule has 1 aromatic carbocycles. The Morgan fingerprint density at radius 3 is 2.92 bits per heavy atom. The van der Waals surface area contributed by atoms with Crippen molar-refractivity contribution in [3.05, 3.63) is 50.7 Å². The first-order valence-corrected chi connectivity index (χ1v) is 9.71. The summed E-state index contributed by atoms with van der Waals surface area (Å²) in [6.45, 7) is 4.54. The minimum Gasteiger partial charge on any atom is -0.350 e. The zero-order chi connectivity index (χ0) is 17.8. The van der Waals surface area contributed by atoms with Gasteiger partial charge in [0.1, 0.15) is 0 Å². The van der Waals surface area contributed by atoms with E-state index in [1.165, 1.54) is 23.1 Å². The third kappa shape index (κ3) is 4.39.